The minimum atomic E-state index is -0.0491. The highest BCUT2D eigenvalue weighted by molar-refractivity contribution is 5.77. The van der Waals surface area contributed by atoms with Crippen LogP contribution in [0.1, 0.15) is 30.3 Å². The number of likely N-dealkylation sites (tertiary alicyclic amines) is 1. The van der Waals surface area contributed by atoms with Gasteiger partial charge in [0.05, 0.1) is 10.9 Å². The SMILES string of the molecule is Cn1nccc1C1CCCN(CCc2nc3ccccc3c(=O)[nH]2)C1. The predicted molar refractivity (Wildman–Crippen MR) is 97.7 cm³/mol. The van der Waals surface area contributed by atoms with E-state index in [-0.39, 0.29) is 5.56 Å². The molecule has 0 bridgehead atoms. The molecule has 4 rings (SSSR count). The summed E-state index contributed by atoms with van der Waals surface area (Å²) < 4.78 is 1.98. The molecule has 1 fully saturated rings. The third-order valence-corrected chi connectivity index (χ3v) is 5.11. The zero-order valence-corrected chi connectivity index (χ0v) is 14.5. The Morgan fingerprint density at radius 2 is 2.16 bits per heavy atom. The number of aryl methyl sites for hydroxylation is 1. The number of hydrogen-bond acceptors (Lipinski definition) is 4. The summed E-state index contributed by atoms with van der Waals surface area (Å²) >= 11 is 0. The van der Waals surface area contributed by atoms with Gasteiger partial charge in [0, 0.05) is 44.4 Å². The number of nitrogens with zero attached hydrogens (tertiary/aromatic N) is 4. The lowest BCUT2D eigenvalue weighted by Crippen LogP contribution is -2.36. The molecule has 2 aromatic heterocycles. The van der Waals surface area contributed by atoms with E-state index < -0.39 is 0 Å². The Hall–Kier alpha value is -2.47. The van der Waals surface area contributed by atoms with Crippen molar-refractivity contribution in [1.82, 2.24) is 24.6 Å². The summed E-state index contributed by atoms with van der Waals surface area (Å²) in [5, 5.41) is 4.95. The average Bonchev–Trinajstić information content (AvgIpc) is 3.06. The molecule has 6 heteroatoms. The van der Waals surface area contributed by atoms with E-state index in [9.17, 15) is 4.79 Å². The summed E-state index contributed by atoms with van der Waals surface area (Å²) in [7, 11) is 2.01. The second-order valence-corrected chi connectivity index (χ2v) is 6.80. The summed E-state index contributed by atoms with van der Waals surface area (Å²) in [5.74, 6) is 1.30. The molecule has 0 radical (unpaired) electrons. The number of hydrogen-bond donors (Lipinski definition) is 1. The Kier molecular flexibility index (Phi) is 4.36. The first kappa shape index (κ1) is 16.0. The van der Waals surface area contributed by atoms with Gasteiger partial charge in [0.2, 0.25) is 0 Å². The maximum absolute atomic E-state index is 12.2. The third kappa shape index (κ3) is 3.35. The van der Waals surface area contributed by atoms with E-state index in [1.165, 1.54) is 18.5 Å². The van der Waals surface area contributed by atoms with Crippen LogP contribution in [0.2, 0.25) is 0 Å². The van der Waals surface area contributed by atoms with Gasteiger partial charge in [0.25, 0.3) is 5.56 Å². The van der Waals surface area contributed by atoms with Crippen LogP contribution in [0.4, 0.5) is 0 Å². The first-order chi connectivity index (χ1) is 12.2. The summed E-state index contributed by atoms with van der Waals surface area (Å²) in [6.07, 6.45) is 5.04. The van der Waals surface area contributed by atoms with Gasteiger partial charge in [-0.3, -0.25) is 9.48 Å². The lowest BCUT2D eigenvalue weighted by atomic mass is 9.94. The maximum Gasteiger partial charge on any atom is 0.258 e. The zero-order valence-electron chi connectivity index (χ0n) is 14.5. The average molecular weight is 337 g/mol. The van der Waals surface area contributed by atoms with Gasteiger partial charge in [-0.2, -0.15) is 5.10 Å². The van der Waals surface area contributed by atoms with Gasteiger partial charge in [-0.05, 0) is 37.6 Å². The molecule has 0 amide bonds. The summed E-state index contributed by atoms with van der Waals surface area (Å²) in [4.78, 5) is 22.2. The molecular weight excluding hydrogens is 314 g/mol. The van der Waals surface area contributed by atoms with Crippen molar-refractivity contribution in [1.29, 1.82) is 0 Å². The van der Waals surface area contributed by atoms with E-state index in [0.29, 0.717) is 11.3 Å². The van der Waals surface area contributed by atoms with E-state index in [4.69, 9.17) is 0 Å². The second kappa shape index (κ2) is 6.80. The molecule has 0 spiro atoms. The third-order valence-electron chi connectivity index (χ3n) is 5.11. The van der Waals surface area contributed by atoms with E-state index >= 15 is 0 Å². The van der Waals surface area contributed by atoms with Gasteiger partial charge >= 0.3 is 0 Å². The molecule has 3 aromatic rings. The summed E-state index contributed by atoms with van der Waals surface area (Å²) in [6, 6.07) is 9.62. The quantitative estimate of drug-likeness (QED) is 0.791. The van der Waals surface area contributed by atoms with Gasteiger partial charge in [0.1, 0.15) is 5.82 Å². The van der Waals surface area contributed by atoms with Gasteiger partial charge in [0.15, 0.2) is 0 Å². The minimum Gasteiger partial charge on any atom is -0.310 e. The van der Waals surface area contributed by atoms with Crippen molar-refractivity contribution in [3.05, 3.63) is 58.4 Å². The van der Waals surface area contributed by atoms with Crippen LogP contribution in [-0.4, -0.2) is 44.3 Å². The molecule has 1 aliphatic rings. The number of aromatic amines is 1. The molecule has 1 atom stereocenters. The van der Waals surface area contributed by atoms with Crippen LogP contribution in [0.15, 0.2) is 41.3 Å². The second-order valence-electron chi connectivity index (χ2n) is 6.80. The van der Waals surface area contributed by atoms with E-state index in [2.05, 4.69) is 26.0 Å². The standard InChI is InChI=1S/C19H23N5O/c1-23-17(8-10-20-23)14-5-4-11-24(13-14)12-9-18-21-16-7-3-2-6-15(16)19(25)22-18/h2-3,6-8,10,14H,4-5,9,11-13H2,1H3,(H,21,22,25). The van der Waals surface area contributed by atoms with Crippen molar-refractivity contribution in [2.75, 3.05) is 19.6 Å². The Labute approximate surface area is 146 Å². The first-order valence-electron chi connectivity index (χ1n) is 8.89. The number of benzene rings is 1. The van der Waals surface area contributed by atoms with E-state index in [1.54, 1.807) is 0 Å². The predicted octanol–water partition coefficient (Wildman–Crippen LogP) is 2.08. The van der Waals surface area contributed by atoms with Crippen LogP contribution in [0.5, 0.6) is 0 Å². The smallest absolute Gasteiger partial charge is 0.258 e. The number of aromatic nitrogens is 4. The van der Waals surface area contributed by atoms with Crippen LogP contribution in [0.3, 0.4) is 0 Å². The Bertz CT molecular complexity index is 929. The molecule has 6 nitrogen and oxygen atoms in total. The van der Waals surface area contributed by atoms with Crippen molar-refractivity contribution in [3.63, 3.8) is 0 Å². The van der Waals surface area contributed by atoms with Gasteiger partial charge in [-0.1, -0.05) is 12.1 Å². The molecule has 1 aromatic carbocycles. The molecule has 0 saturated carbocycles. The van der Waals surface area contributed by atoms with Crippen molar-refractivity contribution >= 4 is 10.9 Å². The molecule has 1 N–H and O–H groups in total. The first-order valence-corrected chi connectivity index (χ1v) is 8.89. The fraction of sp³-hybridized carbons (Fsp3) is 0.421. The van der Waals surface area contributed by atoms with Crippen LogP contribution < -0.4 is 5.56 Å². The molecule has 25 heavy (non-hydrogen) atoms. The minimum absolute atomic E-state index is 0.0491. The van der Waals surface area contributed by atoms with Crippen molar-refractivity contribution in [2.45, 2.75) is 25.2 Å². The Morgan fingerprint density at radius 3 is 3.00 bits per heavy atom. The molecule has 1 saturated heterocycles. The molecular formula is C19H23N5O. The maximum atomic E-state index is 12.2. The number of para-hydroxylation sites is 1. The van der Waals surface area contributed by atoms with E-state index in [0.717, 1.165) is 37.4 Å². The number of fused-ring (bicyclic) bond motifs is 1. The Morgan fingerprint density at radius 1 is 1.28 bits per heavy atom. The Balaban J connectivity index is 1.44. The highest BCUT2D eigenvalue weighted by Gasteiger charge is 2.23. The highest BCUT2D eigenvalue weighted by atomic mass is 16.1. The molecule has 1 aliphatic heterocycles. The van der Waals surface area contributed by atoms with Gasteiger partial charge < -0.3 is 9.88 Å². The van der Waals surface area contributed by atoms with E-state index in [1.807, 2.05) is 42.2 Å². The molecule has 3 heterocycles. The lowest BCUT2D eigenvalue weighted by Gasteiger charge is -2.32. The molecule has 0 aliphatic carbocycles. The van der Waals surface area contributed by atoms with Crippen LogP contribution >= 0.6 is 0 Å². The highest BCUT2D eigenvalue weighted by Crippen LogP contribution is 2.26. The van der Waals surface area contributed by atoms with Crippen molar-refractivity contribution in [3.8, 4) is 0 Å². The van der Waals surface area contributed by atoms with Crippen molar-refractivity contribution in [2.24, 2.45) is 7.05 Å². The zero-order chi connectivity index (χ0) is 17.2. The summed E-state index contributed by atoms with van der Waals surface area (Å²) in [6.45, 7) is 3.05. The number of piperidine rings is 1. The van der Waals surface area contributed by atoms with Gasteiger partial charge in [-0.15, -0.1) is 0 Å². The largest absolute Gasteiger partial charge is 0.310 e. The topological polar surface area (TPSA) is 66.8 Å². The molecule has 130 valence electrons. The molecule has 1 unspecified atom stereocenters. The van der Waals surface area contributed by atoms with Crippen LogP contribution in [0.25, 0.3) is 10.9 Å². The number of rotatable bonds is 4. The van der Waals surface area contributed by atoms with Crippen LogP contribution in [-0.2, 0) is 13.5 Å². The number of nitrogens with one attached hydrogen (secondary N) is 1. The number of H-pyrrole nitrogens is 1. The fourth-order valence-corrected chi connectivity index (χ4v) is 3.80. The summed E-state index contributed by atoms with van der Waals surface area (Å²) in [5.41, 5.74) is 2.03. The monoisotopic (exact) mass is 337 g/mol. The fourth-order valence-electron chi connectivity index (χ4n) is 3.80. The van der Waals surface area contributed by atoms with Crippen LogP contribution in [0, 0.1) is 0 Å². The van der Waals surface area contributed by atoms with Gasteiger partial charge in [-0.25, -0.2) is 4.98 Å². The normalized spacial score (nSPS) is 18.7. The van der Waals surface area contributed by atoms with Crippen molar-refractivity contribution < 1.29 is 0 Å². The lowest BCUT2D eigenvalue weighted by molar-refractivity contribution is 0.205.